The molecule has 0 fully saturated rings. The van der Waals surface area contributed by atoms with Crippen molar-refractivity contribution in [3.63, 3.8) is 0 Å². The van der Waals surface area contributed by atoms with Crippen LogP contribution >= 0.6 is 0 Å². The molecule has 2 amide bonds. The van der Waals surface area contributed by atoms with E-state index < -0.39 is 34.3 Å². The number of aryl methyl sites for hydroxylation is 1. The van der Waals surface area contributed by atoms with Gasteiger partial charge in [-0.05, 0) is 67.4 Å². The molecule has 0 radical (unpaired) electrons. The molecule has 0 aromatic heterocycles. The number of likely N-dealkylation sites (N-methyl/N-ethyl adjacent to an activating group) is 1. The molecule has 0 spiro atoms. The number of nitrogens with zero attached hydrogens (tertiary/aromatic N) is 2. The number of nitrogens with one attached hydrogen (secondary N) is 1. The number of amides is 2. The second-order valence-corrected chi connectivity index (χ2v) is 10.6. The summed E-state index contributed by atoms with van der Waals surface area (Å²) in [6.45, 7) is 3.08. The number of sulfonamides is 1. The fraction of sp³-hybridized carbons (Fsp3) is 0.286. The molecule has 0 aliphatic heterocycles. The highest BCUT2D eigenvalue weighted by Crippen LogP contribution is 2.25. The van der Waals surface area contributed by atoms with Crippen molar-refractivity contribution in [3.05, 3.63) is 89.7 Å². The molecule has 0 aliphatic carbocycles. The van der Waals surface area contributed by atoms with Crippen LogP contribution in [0.1, 0.15) is 24.5 Å². The maximum absolute atomic E-state index is 13.8. The second-order valence-electron chi connectivity index (χ2n) is 8.71. The number of carbonyl (C=O) groups is 2. The number of rotatable bonds is 11. The van der Waals surface area contributed by atoms with Gasteiger partial charge in [0.05, 0.1) is 17.7 Å². The van der Waals surface area contributed by atoms with Crippen LogP contribution in [0.25, 0.3) is 0 Å². The normalized spacial score (nSPS) is 11.9. The largest absolute Gasteiger partial charge is 0.497 e. The SMILES string of the molecule is CC[C@H](C(=O)NC)N(Cc1ccc(OC)cc1)C(=O)CN(c1ccc(F)cc1)S(=O)(=O)c1ccc(C)cc1. The van der Waals surface area contributed by atoms with Crippen molar-refractivity contribution in [1.82, 2.24) is 10.2 Å². The van der Waals surface area contributed by atoms with Crippen molar-refractivity contribution >= 4 is 27.5 Å². The Kier molecular flexibility index (Phi) is 9.46. The standard InChI is InChI=1S/C28H32FN3O5S/c1-5-26(28(34)30-3)31(18-21-8-14-24(37-4)15-9-21)27(33)19-32(23-12-10-22(29)11-13-23)38(35,36)25-16-6-20(2)7-17-25/h6-17,26H,5,18-19H2,1-4H3,(H,30,34)/t26-/m1/s1. The third kappa shape index (κ3) is 6.69. The van der Waals surface area contributed by atoms with Gasteiger partial charge in [0.25, 0.3) is 10.0 Å². The van der Waals surface area contributed by atoms with Gasteiger partial charge in [0.15, 0.2) is 0 Å². The van der Waals surface area contributed by atoms with E-state index in [1.165, 1.54) is 36.2 Å². The fourth-order valence-electron chi connectivity index (χ4n) is 3.99. The smallest absolute Gasteiger partial charge is 0.264 e. The van der Waals surface area contributed by atoms with Crippen molar-refractivity contribution < 1.29 is 27.1 Å². The van der Waals surface area contributed by atoms with Crippen LogP contribution in [0.2, 0.25) is 0 Å². The number of anilines is 1. The Morgan fingerprint density at radius 2 is 1.58 bits per heavy atom. The van der Waals surface area contributed by atoms with Gasteiger partial charge in [-0.15, -0.1) is 0 Å². The molecular formula is C28H32FN3O5S. The number of halogens is 1. The van der Waals surface area contributed by atoms with Crippen LogP contribution in [0.3, 0.4) is 0 Å². The predicted octanol–water partition coefficient (Wildman–Crippen LogP) is 3.89. The maximum Gasteiger partial charge on any atom is 0.264 e. The van der Waals surface area contributed by atoms with E-state index in [1.54, 1.807) is 50.4 Å². The van der Waals surface area contributed by atoms with Crippen molar-refractivity contribution in [2.75, 3.05) is 25.0 Å². The minimum absolute atomic E-state index is 0.0136. The lowest BCUT2D eigenvalue weighted by atomic mass is 10.1. The molecule has 3 aromatic carbocycles. The third-order valence-corrected chi connectivity index (χ3v) is 7.93. The van der Waals surface area contributed by atoms with Gasteiger partial charge in [-0.1, -0.05) is 36.8 Å². The van der Waals surface area contributed by atoms with Crippen LogP contribution in [-0.2, 0) is 26.2 Å². The van der Waals surface area contributed by atoms with Gasteiger partial charge in [0.1, 0.15) is 24.2 Å². The lowest BCUT2D eigenvalue weighted by molar-refractivity contribution is -0.140. The summed E-state index contributed by atoms with van der Waals surface area (Å²) in [5.74, 6) is -0.864. The zero-order chi connectivity index (χ0) is 27.9. The number of hydrogen-bond donors (Lipinski definition) is 1. The molecule has 10 heteroatoms. The Balaban J connectivity index is 2.03. The highest BCUT2D eigenvalue weighted by atomic mass is 32.2. The van der Waals surface area contributed by atoms with Crippen molar-refractivity contribution in [1.29, 1.82) is 0 Å². The third-order valence-electron chi connectivity index (χ3n) is 6.15. The van der Waals surface area contributed by atoms with Crippen LogP contribution in [0.15, 0.2) is 77.7 Å². The number of hydrogen-bond acceptors (Lipinski definition) is 5. The van der Waals surface area contributed by atoms with E-state index in [2.05, 4.69) is 5.32 Å². The minimum Gasteiger partial charge on any atom is -0.497 e. The van der Waals surface area contributed by atoms with Crippen molar-refractivity contribution in [3.8, 4) is 5.75 Å². The molecule has 0 saturated carbocycles. The van der Waals surface area contributed by atoms with E-state index in [-0.39, 0.29) is 23.0 Å². The van der Waals surface area contributed by atoms with Crippen LogP contribution in [0.5, 0.6) is 5.75 Å². The maximum atomic E-state index is 13.8. The summed E-state index contributed by atoms with van der Waals surface area (Å²) in [6.07, 6.45) is 0.308. The molecule has 0 unspecified atom stereocenters. The van der Waals surface area contributed by atoms with Gasteiger partial charge < -0.3 is 15.0 Å². The van der Waals surface area contributed by atoms with E-state index in [4.69, 9.17) is 4.74 Å². The first kappa shape index (κ1) is 28.6. The second kappa shape index (κ2) is 12.6. The van der Waals surface area contributed by atoms with Gasteiger partial charge in [-0.2, -0.15) is 0 Å². The van der Waals surface area contributed by atoms with Gasteiger partial charge in [0, 0.05) is 13.6 Å². The van der Waals surface area contributed by atoms with Crippen molar-refractivity contribution in [2.45, 2.75) is 37.8 Å². The molecule has 8 nitrogen and oxygen atoms in total. The van der Waals surface area contributed by atoms with Gasteiger partial charge in [-0.25, -0.2) is 12.8 Å². The first-order chi connectivity index (χ1) is 18.1. The number of ether oxygens (including phenoxy) is 1. The Hall–Kier alpha value is -3.92. The topological polar surface area (TPSA) is 96.0 Å². The summed E-state index contributed by atoms with van der Waals surface area (Å²) in [5, 5.41) is 2.58. The summed E-state index contributed by atoms with van der Waals surface area (Å²) < 4.78 is 47.3. The molecule has 1 atom stereocenters. The van der Waals surface area contributed by atoms with Crippen LogP contribution in [0, 0.1) is 12.7 Å². The lowest BCUT2D eigenvalue weighted by Gasteiger charge is -2.33. The molecule has 38 heavy (non-hydrogen) atoms. The molecule has 0 heterocycles. The summed E-state index contributed by atoms with van der Waals surface area (Å²) >= 11 is 0. The molecule has 3 rings (SSSR count). The summed E-state index contributed by atoms with van der Waals surface area (Å²) in [5.41, 5.74) is 1.73. The highest BCUT2D eigenvalue weighted by molar-refractivity contribution is 7.92. The van der Waals surface area contributed by atoms with E-state index >= 15 is 0 Å². The number of benzene rings is 3. The molecule has 0 saturated heterocycles. The quantitative estimate of drug-likeness (QED) is 0.397. The summed E-state index contributed by atoms with van der Waals surface area (Å²) in [7, 11) is -1.18. The predicted molar refractivity (Wildman–Crippen MR) is 144 cm³/mol. The van der Waals surface area contributed by atoms with E-state index in [0.29, 0.717) is 12.2 Å². The van der Waals surface area contributed by atoms with Gasteiger partial charge in [-0.3, -0.25) is 13.9 Å². The number of carbonyl (C=O) groups excluding carboxylic acids is 2. The zero-order valence-electron chi connectivity index (χ0n) is 21.8. The average molecular weight is 542 g/mol. The first-order valence-corrected chi connectivity index (χ1v) is 13.5. The zero-order valence-corrected chi connectivity index (χ0v) is 22.7. The monoisotopic (exact) mass is 541 g/mol. The van der Waals surface area contributed by atoms with Crippen LogP contribution in [0.4, 0.5) is 10.1 Å². The Labute approximate surface area is 223 Å². The van der Waals surface area contributed by atoms with Crippen LogP contribution < -0.4 is 14.4 Å². The Bertz CT molecular complexity index is 1340. The fourth-order valence-corrected chi connectivity index (χ4v) is 5.40. The van der Waals surface area contributed by atoms with E-state index in [0.717, 1.165) is 27.6 Å². The summed E-state index contributed by atoms with van der Waals surface area (Å²) in [4.78, 5) is 27.9. The lowest BCUT2D eigenvalue weighted by Crippen LogP contribution is -2.51. The number of methoxy groups -OCH3 is 1. The van der Waals surface area contributed by atoms with Gasteiger partial charge in [0.2, 0.25) is 11.8 Å². The molecular weight excluding hydrogens is 509 g/mol. The van der Waals surface area contributed by atoms with E-state index in [1.807, 2.05) is 6.92 Å². The van der Waals surface area contributed by atoms with E-state index in [9.17, 15) is 22.4 Å². The first-order valence-electron chi connectivity index (χ1n) is 12.1. The molecule has 0 aliphatic rings. The Morgan fingerprint density at radius 1 is 0.974 bits per heavy atom. The molecule has 1 N–H and O–H groups in total. The Morgan fingerprint density at radius 3 is 2.11 bits per heavy atom. The summed E-state index contributed by atoms with van der Waals surface area (Å²) in [6, 6.07) is 17.3. The average Bonchev–Trinajstić information content (AvgIpc) is 2.92. The van der Waals surface area contributed by atoms with Crippen molar-refractivity contribution in [2.24, 2.45) is 0 Å². The molecule has 3 aromatic rings. The molecule has 202 valence electrons. The van der Waals surface area contributed by atoms with Crippen LogP contribution in [-0.4, -0.2) is 51.9 Å². The van der Waals surface area contributed by atoms with Gasteiger partial charge >= 0.3 is 0 Å². The minimum atomic E-state index is -4.21. The molecule has 0 bridgehead atoms. The highest BCUT2D eigenvalue weighted by Gasteiger charge is 2.33.